The molecular weight excluding hydrogens is 308 g/mol. The molecule has 1 N–H and O–H groups in total. The van der Waals surface area contributed by atoms with Gasteiger partial charge in [0.1, 0.15) is 11.1 Å². The van der Waals surface area contributed by atoms with Crippen LogP contribution in [0.1, 0.15) is 23.2 Å². The first-order chi connectivity index (χ1) is 11.6. The zero-order chi connectivity index (χ0) is 16.7. The second kappa shape index (κ2) is 5.59. The van der Waals surface area contributed by atoms with E-state index in [0.29, 0.717) is 18.1 Å². The highest BCUT2D eigenvalue weighted by Gasteiger charge is 2.24. The number of pyridine rings is 1. The summed E-state index contributed by atoms with van der Waals surface area (Å²) in [5.41, 5.74) is 3.32. The summed E-state index contributed by atoms with van der Waals surface area (Å²) in [6.07, 6.45) is 3.91. The first-order valence-corrected chi connectivity index (χ1v) is 7.78. The molecule has 2 heterocycles. The number of hydrogen-bond acceptors (Lipinski definition) is 5. The van der Waals surface area contributed by atoms with Gasteiger partial charge in [0.05, 0.1) is 12.1 Å². The van der Waals surface area contributed by atoms with Crippen molar-refractivity contribution in [1.82, 2.24) is 20.0 Å². The molecule has 0 unspecified atom stereocenters. The van der Waals surface area contributed by atoms with E-state index in [0.717, 1.165) is 29.4 Å². The summed E-state index contributed by atoms with van der Waals surface area (Å²) in [7, 11) is 1.81. The van der Waals surface area contributed by atoms with E-state index in [1.807, 2.05) is 25.2 Å². The maximum atomic E-state index is 11.5. The van der Waals surface area contributed by atoms with Gasteiger partial charge < -0.3 is 9.84 Å². The number of hydrogen-bond donors (Lipinski definition) is 1. The first kappa shape index (κ1) is 14.6. The number of ether oxygens (including phenoxy) is 1. The van der Waals surface area contributed by atoms with Crippen molar-refractivity contribution < 1.29 is 14.6 Å². The highest BCUT2D eigenvalue weighted by atomic mass is 16.5. The van der Waals surface area contributed by atoms with Gasteiger partial charge in [0.25, 0.3) is 0 Å². The molecule has 1 aliphatic rings. The molecule has 1 fully saturated rings. The van der Waals surface area contributed by atoms with Crippen LogP contribution in [0.2, 0.25) is 0 Å². The molecule has 7 heteroatoms. The SMILES string of the molecule is Cn1nnc2ccc(-c3cnc(OCC4CC4)c(C(=O)O)c3)cc21. The van der Waals surface area contributed by atoms with Crippen molar-refractivity contribution in [2.45, 2.75) is 12.8 Å². The highest BCUT2D eigenvalue weighted by Crippen LogP contribution is 2.31. The molecule has 0 radical (unpaired) electrons. The quantitative estimate of drug-likeness (QED) is 0.775. The maximum Gasteiger partial charge on any atom is 0.341 e. The Morgan fingerprint density at radius 3 is 2.92 bits per heavy atom. The summed E-state index contributed by atoms with van der Waals surface area (Å²) in [5.74, 6) is -0.326. The van der Waals surface area contributed by atoms with Gasteiger partial charge in [-0.1, -0.05) is 11.3 Å². The number of nitrogens with zero attached hydrogens (tertiary/aromatic N) is 4. The highest BCUT2D eigenvalue weighted by molar-refractivity contribution is 5.92. The van der Waals surface area contributed by atoms with E-state index < -0.39 is 5.97 Å². The molecule has 1 aromatic carbocycles. The normalized spacial score (nSPS) is 14.0. The fourth-order valence-electron chi connectivity index (χ4n) is 2.57. The van der Waals surface area contributed by atoms with Gasteiger partial charge in [-0.25, -0.2) is 14.5 Å². The minimum atomic E-state index is -1.04. The van der Waals surface area contributed by atoms with Gasteiger partial charge in [-0.15, -0.1) is 5.10 Å². The maximum absolute atomic E-state index is 11.5. The predicted molar refractivity (Wildman–Crippen MR) is 86.9 cm³/mol. The molecule has 3 aromatic rings. The average molecular weight is 324 g/mol. The lowest BCUT2D eigenvalue weighted by Crippen LogP contribution is -2.07. The van der Waals surface area contributed by atoms with Crippen molar-refractivity contribution in [1.29, 1.82) is 0 Å². The summed E-state index contributed by atoms with van der Waals surface area (Å²) in [5, 5.41) is 17.5. The molecule has 7 nitrogen and oxygen atoms in total. The summed E-state index contributed by atoms with van der Waals surface area (Å²) in [6.45, 7) is 0.527. The Morgan fingerprint density at radius 2 is 2.17 bits per heavy atom. The van der Waals surface area contributed by atoms with Crippen LogP contribution in [0.25, 0.3) is 22.2 Å². The summed E-state index contributed by atoms with van der Waals surface area (Å²) in [4.78, 5) is 15.8. The number of rotatable bonds is 5. The molecule has 1 aliphatic carbocycles. The lowest BCUT2D eigenvalue weighted by Gasteiger charge is -2.09. The largest absolute Gasteiger partial charge is 0.477 e. The molecule has 0 aliphatic heterocycles. The third-order valence-electron chi connectivity index (χ3n) is 4.18. The Balaban J connectivity index is 1.71. The van der Waals surface area contributed by atoms with E-state index in [2.05, 4.69) is 15.3 Å². The molecular formula is C17H16N4O3. The monoisotopic (exact) mass is 324 g/mol. The Bertz CT molecular complexity index is 931. The molecule has 24 heavy (non-hydrogen) atoms. The molecule has 0 atom stereocenters. The second-order valence-electron chi connectivity index (χ2n) is 6.05. The number of aromatic carboxylic acids is 1. The van der Waals surface area contributed by atoms with E-state index in [1.165, 1.54) is 0 Å². The van der Waals surface area contributed by atoms with Crippen molar-refractivity contribution in [2.24, 2.45) is 13.0 Å². The van der Waals surface area contributed by atoms with E-state index in [9.17, 15) is 9.90 Å². The lowest BCUT2D eigenvalue weighted by atomic mass is 10.0. The van der Waals surface area contributed by atoms with Crippen LogP contribution in [0.4, 0.5) is 0 Å². The first-order valence-electron chi connectivity index (χ1n) is 7.78. The van der Waals surface area contributed by atoms with Crippen molar-refractivity contribution in [3.8, 4) is 17.0 Å². The van der Waals surface area contributed by atoms with Crippen LogP contribution in [-0.2, 0) is 7.05 Å². The van der Waals surface area contributed by atoms with Crippen molar-refractivity contribution in [2.75, 3.05) is 6.61 Å². The van der Waals surface area contributed by atoms with Crippen LogP contribution in [0.3, 0.4) is 0 Å². The molecule has 0 saturated heterocycles. The standard InChI is InChI=1S/C17H16N4O3/c1-21-15-7-11(4-5-14(15)19-20-21)12-6-13(17(22)23)16(18-8-12)24-9-10-2-3-10/h4-8,10H,2-3,9H2,1H3,(H,22,23). The van der Waals surface area contributed by atoms with Crippen LogP contribution in [-0.4, -0.2) is 37.7 Å². The van der Waals surface area contributed by atoms with E-state index in [-0.39, 0.29) is 11.4 Å². The van der Waals surface area contributed by atoms with Gasteiger partial charge in [0, 0.05) is 18.8 Å². The average Bonchev–Trinajstić information content (AvgIpc) is 3.35. The van der Waals surface area contributed by atoms with Crippen molar-refractivity contribution in [3.05, 3.63) is 36.0 Å². The minimum absolute atomic E-state index is 0.0800. The lowest BCUT2D eigenvalue weighted by molar-refractivity contribution is 0.0691. The van der Waals surface area contributed by atoms with Crippen LogP contribution in [0, 0.1) is 5.92 Å². The fourth-order valence-corrected chi connectivity index (χ4v) is 2.57. The van der Waals surface area contributed by atoms with Crippen molar-refractivity contribution >= 4 is 17.0 Å². The van der Waals surface area contributed by atoms with Crippen LogP contribution < -0.4 is 4.74 Å². The van der Waals surface area contributed by atoms with Crippen LogP contribution in [0.15, 0.2) is 30.5 Å². The summed E-state index contributed by atoms with van der Waals surface area (Å²) >= 11 is 0. The number of carboxylic acids is 1. The Hall–Kier alpha value is -2.96. The molecule has 0 bridgehead atoms. The van der Waals surface area contributed by atoms with Gasteiger partial charge in [0.2, 0.25) is 5.88 Å². The Labute approximate surface area is 137 Å². The van der Waals surface area contributed by atoms with Crippen LogP contribution >= 0.6 is 0 Å². The number of aromatic nitrogens is 4. The third-order valence-corrected chi connectivity index (χ3v) is 4.18. The molecule has 0 amide bonds. The fraction of sp³-hybridized carbons (Fsp3) is 0.294. The zero-order valence-corrected chi connectivity index (χ0v) is 13.1. The summed E-state index contributed by atoms with van der Waals surface area (Å²) in [6, 6.07) is 7.26. The smallest absolute Gasteiger partial charge is 0.341 e. The van der Waals surface area contributed by atoms with E-state index in [1.54, 1.807) is 16.9 Å². The van der Waals surface area contributed by atoms with Gasteiger partial charge in [-0.05, 0) is 42.5 Å². The van der Waals surface area contributed by atoms with Gasteiger partial charge in [-0.2, -0.15) is 0 Å². The second-order valence-corrected chi connectivity index (χ2v) is 6.05. The number of fused-ring (bicyclic) bond motifs is 1. The van der Waals surface area contributed by atoms with Crippen molar-refractivity contribution in [3.63, 3.8) is 0 Å². The number of aryl methyl sites for hydroxylation is 1. The van der Waals surface area contributed by atoms with E-state index in [4.69, 9.17) is 4.74 Å². The number of carboxylic acid groups (broad SMARTS) is 1. The molecule has 0 spiro atoms. The molecule has 1 saturated carbocycles. The predicted octanol–water partition coefficient (Wildman–Crippen LogP) is 2.52. The van der Waals surface area contributed by atoms with Gasteiger partial charge in [0.15, 0.2) is 0 Å². The van der Waals surface area contributed by atoms with E-state index >= 15 is 0 Å². The Morgan fingerprint density at radius 1 is 1.33 bits per heavy atom. The zero-order valence-electron chi connectivity index (χ0n) is 13.1. The topological polar surface area (TPSA) is 90.1 Å². The number of carbonyl (C=O) groups is 1. The number of benzene rings is 1. The minimum Gasteiger partial charge on any atom is -0.477 e. The molecule has 2 aromatic heterocycles. The van der Waals surface area contributed by atoms with Gasteiger partial charge >= 0.3 is 5.97 Å². The van der Waals surface area contributed by atoms with Crippen LogP contribution in [0.5, 0.6) is 5.88 Å². The summed E-state index contributed by atoms with van der Waals surface area (Å²) < 4.78 is 7.25. The molecule has 122 valence electrons. The molecule has 4 rings (SSSR count). The third kappa shape index (κ3) is 2.68. The Kier molecular flexibility index (Phi) is 3.41. The van der Waals surface area contributed by atoms with Gasteiger partial charge in [-0.3, -0.25) is 0 Å².